The Bertz CT molecular complexity index is 791. The van der Waals surface area contributed by atoms with Gasteiger partial charge in [0.15, 0.2) is 16.4 Å². The molecule has 1 fully saturated rings. The van der Waals surface area contributed by atoms with Crippen LogP contribution in [0, 0.1) is 0 Å². The van der Waals surface area contributed by atoms with Gasteiger partial charge in [0.2, 0.25) is 0 Å². The second kappa shape index (κ2) is 6.66. The standard InChI is InChI=1S/C15H16F3NO5S/c1-14(6-7-25(22,23)9-14)19-12(20)8-24-13(21)10-4-2-3-5-11(10)15(16,17)18/h2-5H,6-9H2,1H3,(H,19,20)/t14-/m0/s1. The molecule has 0 saturated carbocycles. The van der Waals surface area contributed by atoms with Gasteiger partial charge in [-0.15, -0.1) is 0 Å². The zero-order chi connectivity index (χ0) is 18.9. The van der Waals surface area contributed by atoms with Crippen molar-refractivity contribution in [3.05, 3.63) is 35.4 Å². The lowest BCUT2D eigenvalue weighted by Crippen LogP contribution is -2.48. The van der Waals surface area contributed by atoms with E-state index in [9.17, 15) is 31.2 Å². The lowest BCUT2D eigenvalue weighted by molar-refractivity contribution is -0.138. The molecule has 0 unspecified atom stereocenters. The number of sulfone groups is 1. The molecule has 1 aliphatic rings. The maximum atomic E-state index is 12.9. The average molecular weight is 379 g/mol. The van der Waals surface area contributed by atoms with Gasteiger partial charge in [0.25, 0.3) is 5.91 Å². The van der Waals surface area contributed by atoms with E-state index in [1.165, 1.54) is 13.0 Å². The van der Waals surface area contributed by atoms with Gasteiger partial charge >= 0.3 is 12.1 Å². The molecular weight excluding hydrogens is 363 g/mol. The maximum Gasteiger partial charge on any atom is 0.417 e. The molecular formula is C15H16F3NO5S. The summed E-state index contributed by atoms with van der Waals surface area (Å²) in [6.45, 7) is 0.733. The maximum absolute atomic E-state index is 12.9. The largest absolute Gasteiger partial charge is 0.452 e. The molecule has 1 aliphatic heterocycles. The van der Waals surface area contributed by atoms with Gasteiger partial charge in [0.1, 0.15) is 0 Å². The summed E-state index contributed by atoms with van der Waals surface area (Å²) in [5, 5.41) is 2.44. The van der Waals surface area contributed by atoms with Crippen molar-refractivity contribution in [2.75, 3.05) is 18.1 Å². The highest BCUT2D eigenvalue weighted by Crippen LogP contribution is 2.32. The zero-order valence-corrected chi connectivity index (χ0v) is 14.0. The zero-order valence-electron chi connectivity index (χ0n) is 13.2. The number of carbonyl (C=O) groups excluding carboxylic acids is 2. The van der Waals surface area contributed by atoms with Gasteiger partial charge in [0.05, 0.1) is 28.2 Å². The summed E-state index contributed by atoms with van der Waals surface area (Å²) in [6.07, 6.45) is -4.52. The lowest BCUT2D eigenvalue weighted by Gasteiger charge is -2.23. The van der Waals surface area contributed by atoms with Gasteiger partial charge in [-0.25, -0.2) is 13.2 Å². The van der Waals surface area contributed by atoms with Gasteiger partial charge in [0, 0.05) is 0 Å². The van der Waals surface area contributed by atoms with Crippen molar-refractivity contribution < 1.29 is 35.9 Å². The van der Waals surface area contributed by atoms with Crippen LogP contribution < -0.4 is 5.32 Å². The fourth-order valence-electron chi connectivity index (χ4n) is 2.60. The highest BCUT2D eigenvalue weighted by molar-refractivity contribution is 7.91. The molecule has 1 aromatic rings. The smallest absolute Gasteiger partial charge is 0.417 e. The average Bonchev–Trinajstić information content (AvgIpc) is 2.77. The number of amides is 1. The topological polar surface area (TPSA) is 89.5 Å². The Morgan fingerprint density at radius 3 is 2.48 bits per heavy atom. The van der Waals surface area contributed by atoms with Gasteiger partial charge < -0.3 is 10.1 Å². The molecule has 0 aliphatic carbocycles. The first-order valence-electron chi connectivity index (χ1n) is 7.27. The summed E-state index contributed by atoms with van der Waals surface area (Å²) in [6, 6.07) is 4.07. The minimum atomic E-state index is -4.73. The van der Waals surface area contributed by atoms with Crippen LogP contribution in [0.2, 0.25) is 0 Å². The Balaban J connectivity index is 1.98. The van der Waals surface area contributed by atoms with Crippen molar-refractivity contribution in [2.24, 2.45) is 0 Å². The first kappa shape index (κ1) is 19.2. The molecule has 25 heavy (non-hydrogen) atoms. The first-order chi connectivity index (χ1) is 11.4. The highest BCUT2D eigenvalue weighted by atomic mass is 32.2. The molecule has 6 nitrogen and oxygen atoms in total. The number of hydrogen-bond donors (Lipinski definition) is 1. The third kappa shape index (κ3) is 4.94. The van der Waals surface area contributed by atoms with Crippen LogP contribution in [-0.4, -0.2) is 43.9 Å². The molecule has 0 spiro atoms. The molecule has 1 amide bonds. The summed E-state index contributed by atoms with van der Waals surface area (Å²) < 4.78 is 66.1. The Labute approximate surface area is 142 Å². The van der Waals surface area contributed by atoms with Crippen LogP contribution in [0.5, 0.6) is 0 Å². The van der Waals surface area contributed by atoms with E-state index in [2.05, 4.69) is 10.1 Å². The lowest BCUT2D eigenvalue weighted by atomic mass is 10.0. The van der Waals surface area contributed by atoms with Crippen molar-refractivity contribution in [3.8, 4) is 0 Å². The number of carbonyl (C=O) groups is 2. The quantitative estimate of drug-likeness (QED) is 0.802. The number of alkyl halides is 3. The second-order valence-electron chi connectivity index (χ2n) is 6.07. The van der Waals surface area contributed by atoms with E-state index in [1.807, 2.05) is 0 Å². The van der Waals surface area contributed by atoms with Gasteiger partial charge in [-0.1, -0.05) is 12.1 Å². The molecule has 0 aromatic heterocycles. The fraction of sp³-hybridized carbons (Fsp3) is 0.467. The third-order valence-electron chi connectivity index (χ3n) is 3.73. The summed E-state index contributed by atoms with van der Waals surface area (Å²) in [7, 11) is -3.24. The third-order valence-corrected chi connectivity index (χ3v) is 5.63. The van der Waals surface area contributed by atoms with Crippen LogP contribution >= 0.6 is 0 Å². The van der Waals surface area contributed by atoms with E-state index in [4.69, 9.17) is 0 Å². The summed E-state index contributed by atoms with van der Waals surface area (Å²) in [5.74, 6) is -2.37. The Morgan fingerprint density at radius 1 is 1.28 bits per heavy atom. The molecule has 1 N–H and O–H groups in total. The van der Waals surface area contributed by atoms with E-state index in [1.54, 1.807) is 0 Å². The Hall–Kier alpha value is -2.10. The van der Waals surface area contributed by atoms with Crippen LogP contribution in [0.4, 0.5) is 13.2 Å². The molecule has 0 radical (unpaired) electrons. The van der Waals surface area contributed by atoms with Crippen molar-refractivity contribution in [1.82, 2.24) is 5.32 Å². The summed E-state index contributed by atoms with van der Waals surface area (Å²) in [5.41, 5.74) is -2.83. The molecule has 2 rings (SSSR count). The highest BCUT2D eigenvalue weighted by Gasteiger charge is 2.40. The number of rotatable bonds is 4. The minimum absolute atomic E-state index is 0.0669. The van der Waals surface area contributed by atoms with Crippen molar-refractivity contribution in [2.45, 2.75) is 25.1 Å². The fourth-order valence-corrected chi connectivity index (χ4v) is 4.69. The number of esters is 1. The first-order valence-corrected chi connectivity index (χ1v) is 9.09. The molecule has 1 heterocycles. The van der Waals surface area contributed by atoms with Crippen LogP contribution in [0.25, 0.3) is 0 Å². The van der Waals surface area contributed by atoms with Gasteiger partial charge in [-0.2, -0.15) is 13.2 Å². The summed E-state index contributed by atoms with van der Waals surface area (Å²) >= 11 is 0. The predicted molar refractivity (Wildman–Crippen MR) is 81.5 cm³/mol. The molecule has 0 bridgehead atoms. The van der Waals surface area contributed by atoms with E-state index >= 15 is 0 Å². The molecule has 1 saturated heterocycles. The van der Waals surface area contributed by atoms with Crippen molar-refractivity contribution >= 4 is 21.7 Å². The summed E-state index contributed by atoms with van der Waals surface area (Å²) in [4.78, 5) is 23.7. The number of benzene rings is 1. The van der Waals surface area contributed by atoms with Crippen LogP contribution in [0.15, 0.2) is 24.3 Å². The number of hydrogen-bond acceptors (Lipinski definition) is 5. The molecule has 1 aromatic carbocycles. The normalized spacial score (nSPS) is 22.4. The van der Waals surface area contributed by atoms with Crippen LogP contribution in [0.1, 0.15) is 29.3 Å². The SMILES string of the molecule is C[C@]1(NC(=O)COC(=O)c2ccccc2C(F)(F)F)CCS(=O)(=O)C1. The van der Waals surface area contributed by atoms with Gasteiger partial charge in [-0.3, -0.25) is 4.79 Å². The molecule has 10 heteroatoms. The van der Waals surface area contributed by atoms with Crippen LogP contribution in [-0.2, 0) is 25.5 Å². The van der Waals surface area contributed by atoms with Crippen LogP contribution in [0.3, 0.4) is 0 Å². The number of ether oxygens (including phenoxy) is 1. The minimum Gasteiger partial charge on any atom is -0.452 e. The Morgan fingerprint density at radius 2 is 1.92 bits per heavy atom. The van der Waals surface area contributed by atoms with Crippen molar-refractivity contribution in [3.63, 3.8) is 0 Å². The van der Waals surface area contributed by atoms with Gasteiger partial charge in [-0.05, 0) is 25.5 Å². The van der Waals surface area contributed by atoms with E-state index < -0.39 is 51.2 Å². The Kier molecular flexibility index (Phi) is 5.12. The number of halogens is 3. The van der Waals surface area contributed by atoms with E-state index in [-0.39, 0.29) is 17.9 Å². The molecule has 1 atom stereocenters. The number of nitrogens with one attached hydrogen (secondary N) is 1. The van der Waals surface area contributed by atoms with E-state index in [0.29, 0.717) is 0 Å². The second-order valence-corrected chi connectivity index (χ2v) is 8.25. The molecule has 138 valence electrons. The van der Waals surface area contributed by atoms with E-state index in [0.717, 1.165) is 18.2 Å². The monoisotopic (exact) mass is 379 g/mol. The van der Waals surface area contributed by atoms with Crippen molar-refractivity contribution in [1.29, 1.82) is 0 Å². The predicted octanol–water partition coefficient (Wildman–Crippen LogP) is 1.56.